The second kappa shape index (κ2) is 6.46. The van der Waals surface area contributed by atoms with E-state index in [0.717, 1.165) is 21.3 Å². The van der Waals surface area contributed by atoms with Gasteiger partial charge in [0.2, 0.25) is 0 Å². The minimum atomic E-state index is -0.369. The molecule has 1 N–H and O–H groups in total. The van der Waals surface area contributed by atoms with E-state index in [1.165, 1.54) is 24.3 Å². The molecule has 0 atom stereocenters. The Morgan fingerprint density at radius 1 is 1.27 bits per heavy atom. The van der Waals surface area contributed by atoms with Gasteiger partial charge in [-0.05, 0) is 36.4 Å². The third-order valence-corrected chi connectivity index (χ3v) is 3.76. The van der Waals surface area contributed by atoms with Crippen LogP contribution in [0.2, 0.25) is 0 Å². The van der Waals surface area contributed by atoms with Gasteiger partial charge in [0.25, 0.3) is 5.91 Å². The highest BCUT2D eigenvalue weighted by Gasteiger charge is 2.17. The summed E-state index contributed by atoms with van der Waals surface area (Å²) in [6, 6.07) is 9.25. The van der Waals surface area contributed by atoms with Crippen molar-refractivity contribution in [3.63, 3.8) is 0 Å². The van der Waals surface area contributed by atoms with Crippen molar-refractivity contribution in [2.75, 3.05) is 6.79 Å². The molecule has 0 bridgehead atoms. The molecule has 114 valence electrons. The van der Waals surface area contributed by atoms with Gasteiger partial charge in [0.15, 0.2) is 6.79 Å². The Morgan fingerprint density at radius 3 is 2.82 bits per heavy atom. The molecule has 22 heavy (non-hydrogen) atoms. The zero-order chi connectivity index (χ0) is 15.5. The maximum atomic E-state index is 12.9. The second-order valence-electron chi connectivity index (χ2n) is 4.85. The predicted octanol–water partition coefficient (Wildman–Crippen LogP) is 3.38. The van der Waals surface area contributed by atoms with Crippen molar-refractivity contribution >= 4 is 21.8 Å². The van der Waals surface area contributed by atoms with Crippen LogP contribution in [0.1, 0.15) is 21.5 Å². The number of nitrogens with one attached hydrogen (secondary N) is 1. The van der Waals surface area contributed by atoms with Crippen LogP contribution in [0, 0.1) is 5.82 Å². The Hall–Kier alpha value is -1.92. The molecule has 4 nitrogen and oxygen atoms in total. The number of benzene rings is 2. The average Bonchev–Trinajstić information content (AvgIpc) is 2.52. The summed E-state index contributed by atoms with van der Waals surface area (Å²) in [5.41, 5.74) is 2.21. The first-order valence-electron chi connectivity index (χ1n) is 6.69. The fourth-order valence-electron chi connectivity index (χ4n) is 2.27. The van der Waals surface area contributed by atoms with Gasteiger partial charge in [0.1, 0.15) is 11.6 Å². The lowest BCUT2D eigenvalue weighted by atomic mass is 10.1. The summed E-state index contributed by atoms with van der Waals surface area (Å²) in [6.45, 7) is 0.999. The third kappa shape index (κ3) is 3.28. The summed E-state index contributed by atoms with van der Waals surface area (Å²) in [4.78, 5) is 12.1. The van der Waals surface area contributed by atoms with Crippen molar-refractivity contribution < 1.29 is 18.7 Å². The van der Waals surface area contributed by atoms with Gasteiger partial charge < -0.3 is 14.8 Å². The van der Waals surface area contributed by atoms with Crippen LogP contribution in [0.15, 0.2) is 40.9 Å². The Kier molecular flexibility index (Phi) is 4.40. The van der Waals surface area contributed by atoms with Crippen LogP contribution in [0.3, 0.4) is 0 Å². The summed E-state index contributed by atoms with van der Waals surface area (Å²) in [7, 11) is 0. The van der Waals surface area contributed by atoms with Gasteiger partial charge in [-0.2, -0.15) is 0 Å². The van der Waals surface area contributed by atoms with E-state index in [2.05, 4.69) is 21.2 Å². The molecule has 3 rings (SSSR count). The molecule has 2 aromatic carbocycles. The lowest BCUT2D eigenvalue weighted by Crippen LogP contribution is -2.24. The van der Waals surface area contributed by atoms with Crippen molar-refractivity contribution in [1.82, 2.24) is 5.32 Å². The summed E-state index contributed by atoms with van der Waals surface area (Å²) >= 11 is 3.44. The van der Waals surface area contributed by atoms with E-state index >= 15 is 0 Å². The normalized spacial score (nSPS) is 13.2. The number of carbonyl (C=O) groups excluding carboxylic acids is 1. The Balaban J connectivity index is 1.75. The molecular weight excluding hydrogens is 353 g/mol. The van der Waals surface area contributed by atoms with Gasteiger partial charge in [-0.1, -0.05) is 15.9 Å². The average molecular weight is 366 g/mol. The standard InChI is InChI=1S/C16H13BrFNO3/c17-13-5-11(15-12(6-13)8-21-9-22-15)7-19-16(20)10-1-3-14(18)4-2-10/h1-6H,7-9H2,(H,19,20). The molecule has 0 radical (unpaired) electrons. The van der Waals surface area contributed by atoms with Crippen molar-refractivity contribution in [3.05, 3.63) is 63.4 Å². The van der Waals surface area contributed by atoms with E-state index in [4.69, 9.17) is 9.47 Å². The highest BCUT2D eigenvalue weighted by atomic mass is 79.9. The van der Waals surface area contributed by atoms with Crippen LogP contribution in [0.5, 0.6) is 5.75 Å². The minimum absolute atomic E-state index is 0.202. The second-order valence-corrected chi connectivity index (χ2v) is 5.77. The van der Waals surface area contributed by atoms with Crippen LogP contribution in [0.25, 0.3) is 0 Å². The Morgan fingerprint density at radius 2 is 2.05 bits per heavy atom. The zero-order valence-electron chi connectivity index (χ0n) is 11.6. The smallest absolute Gasteiger partial charge is 0.251 e. The van der Waals surface area contributed by atoms with Gasteiger partial charge in [0.05, 0.1) is 6.61 Å². The van der Waals surface area contributed by atoms with Crippen molar-refractivity contribution in [2.24, 2.45) is 0 Å². The molecule has 0 aliphatic carbocycles. The number of rotatable bonds is 3. The van der Waals surface area contributed by atoms with E-state index in [-0.39, 0.29) is 18.5 Å². The highest BCUT2D eigenvalue weighted by Crippen LogP contribution is 2.31. The van der Waals surface area contributed by atoms with Crippen LogP contribution in [-0.2, 0) is 17.9 Å². The molecule has 1 amide bonds. The number of amides is 1. The Bertz CT molecular complexity index is 703. The lowest BCUT2D eigenvalue weighted by molar-refractivity contribution is -0.0171. The molecule has 2 aromatic rings. The van der Waals surface area contributed by atoms with E-state index in [1.807, 2.05) is 12.1 Å². The minimum Gasteiger partial charge on any atom is -0.467 e. The van der Waals surface area contributed by atoms with Gasteiger partial charge >= 0.3 is 0 Å². The predicted molar refractivity (Wildman–Crippen MR) is 82.0 cm³/mol. The fraction of sp³-hybridized carbons (Fsp3) is 0.188. The first kappa shape index (κ1) is 15.0. The van der Waals surface area contributed by atoms with Crippen LogP contribution >= 0.6 is 15.9 Å². The first-order valence-corrected chi connectivity index (χ1v) is 7.48. The maximum Gasteiger partial charge on any atom is 0.251 e. The van der Waals surface area contributed by atoms with E-state index in [9.17, 15) is 9.18 Å². The molecule has 0 spiro atoms. The number of fused-ring (bicyclic) bond motifs is 1. The summed E-state index contributed by atoms with van der Waals surface area (Å²) in [5.74, 6) is 0.112. The van der Waals surface area contributed by atoms with Crippen LogP contribution < -0.4 is 10.1 Å². The molecule has 0 fully saturated rings. The largest absolute Gasteiger partial charge is 0.467 e. The quantitative estimate of drug-likeness (QED) is 0.906. The SMILES string of the molecule is O=C(NCc1cc(Br)cc2c1OCOC2)c1ccc(F)cc1. The maximum absolute atomic E-state index is 12.9. The molecule has 1 aliphatic heterocycles. The van der Waals surface area contributed by atoms with E-state index in [1.54, 1.807) is 0 Å². The first-order chi connectivity index (χ1) is 10.6. The highest BCUT2D eigenvalue weighted by molar-refractivity contribution is 9.10. The van der Waals surface area contributed by atoms with Crippen molar-refractivity contribution in [3.8, 4) is 5.75 Å². The molecule has 0 saturated heterocycles. The van der Waals surface area contributed by atoms with Gasteiger partial charge in [0, 0.05) is 27.7 Å². The van der Waals surface area contributed by atoms with Gasteiger partial charge in [-0.25, -0.2) is 4.39 Å². The molecular formula is C16H13BrFNO3. The number of hydrogen-bond donors (Lipinski definition) is 1. The number of ether oxygens (including phenoxy) is 2. The lowest BCUT2D eigenvalue weighted by Gasteiger charge is -2.21. The van der Waals surface area contributed by atoms with E-state index in [0.29, 0.717) is 18.7 Å². The van der Waals surface area contributed by atoms with Crippen LogP contribution in [0.4, 0.5) is 4.39 Å². The zero-order valence-corrected chi connectivity index (χ0v) is 13.2. The molecule has 0 saturated carbocycles. The summed E-state index contributed by atoms with van der Waals surface area (Å²) in [5, 5.41) is 2.81. The van der Waals surface area contributed by atoms with E-state index < -0.39 is 0 Å². The summed E-state index contributed by atoms with van der Waals surface area (Å²) < 4.78 is 24.5. The number of hydrogen-bond acceptors (Lipinski definition) is 3. The third-order valence-electron chi connectivity index (χ3n) is 3.30. The summed E-state index contributed by atoms with van der Waals surface area (Å²) in [6.07, 6.45) is 0. The topological polar surface area (TPSA) is 47.6 Å². The molecule has 0 unspecified atom stereocenters. The molecule has 1 heterocycles. The molecule has 0 aromatic heterocycles. The number of carbonyl (C=O) groups is 1. The van der Waals surface area contributed by atoms with Gasteiger partial charge in [-0.3, -0.25) is 4.79 Å². The number of halogens is 2. The van der Waals surface area contributed by atoms with Crippen LogP contribution in [-0.4, -0.2) is 12.7 Å². The monoisotopic (exact) mass is 365 g/mol. The Labute approximate surface area is 135 Å². The fourth-order valence-corrected chi connectivity index (χ4v) is 2.82. The molecule has 1 aliphatic rings. The molecule has 6 heteroatoms. The van der Waals surface area contributed by atoms with Gasteiger partial charge in [-0.15, -0.1) is 0 Å². The van der Waals surface area contributed by atoms with Crippen molar-refractivity contribution in [2.45, 2.75) is 13.2 Å². The van der Waals surface area contributed by atoms with Crippen molar-refractivity contribution in [1.29, 1.82) is 0 Å².